The average Bonchev–Trinajstić information content (AvgIpc) is 2.43. The van der Waals surface area contributed by atoms with Crippen LogP contribution >= 0.6 is 0 Å². The fourth-order valence-electron chi connectivity index (χ4n) is 1.93. The summed E-state index contributed by atoms with van der Waals surface area (Å²) in [7, 11) is 0. The second-order valence-corrected chi connectivity index (χ2v) is 4.99. The van der Waals surface area contributed by atoms with E-state index in [1.165, 1.54) is 0 Å². The number of nitriles is 1. The minimum Gasteiger partial charge on any atom is -0.454 e. The first-order chi connectivity index (χ1) is 9.52. The summed E-state index contributed by atoms with van der Waals surface area (Å²) in [5, 5.41) is 9.10. The summed E-state index contributed by atoms with van der Waals surface area (Å²) >= 11 is 0. The van der Waals surface area contributed by atoms with E-state index < -0.39 is 0 Å². The van der Waals surface area contributed by atoms with E-state index in [-0.39, 0.29) is 5.92 Å². The number of nitrogens with two attached hydrogens (primary N) is 1. The SMILES string of the molecule is Cc1cc(Oc2cnccc2C#N)c(C(C)C)cc1N. The molecule has 0 amide bonds. The van der Waals surface area contributed by atoms with E-state index in [0.717, 1.165) is 22.6 Å². The lowest BCUT2D eigenvalue weighted by atomic mass is 9.99. The van der Waals surface area contributed by atoms with Crippen molar-refractivity contribution in [2.75, 3.05) is 5.73 Å². The van der Waals surface area contributed by atoms with Crippen LogP contribution in [0.15, 0.2) is 30.6 Å². The number of benzene rings is 1. The summed E-state index contributed by atoms with van der Waals surface area (Å²) in [6.45, 7) is 6.08. The average molecular weight is 267 g/mol. The van der Waals surface area contributed by atoms with Gasteiger partial charge in [-0.05, 0) is 42.2 Å². The zero-order valence-electron chi connectivity index (χ0n) is 11.8. The Morgan fingerprint density at radius 3 is 2.70 bits per heavy atom. The van der Waals surface area contributed by atoms with Gasteiger partial charge in [-0.2, -0.15) is 5.26 Å². The lowest BCUT2D eigenvalue weighted by Crippen LogP contribution is -1.99. The number of hydrogen-bond acceptors (Lipinski definition) is 4. The summed E-state index contributed by atoms with van der Waals surface area (Å²) in [5.41, 5.74) is 9.13. The van der Waals surface area contributed by atoms with Crippen molar-refractivity contribution in [2.45, 2.75) is 26.7 Å². The van der Waals surface area contributed by atoms with E-state index in [4.69, 9.17) is 15.7 Å². The molecule has 0 saturated carbocycles. The van der Waals surface area contributed by atoms with E-state index in [0.29, 0.717) is 11.3 Å². The lowest BCUT2D eigenvalue weighted by Gasteiger charge is -2.16. The van der Waals surface area contributed by atoms with E-state index >= 15 is 0 Å². The molecule has 0 unspecified atom stereocenters. The Balaban J connectivity index is 2.48. The monoisotopic (exact) mass is 267 g/mol. The van der Waals surface area contributed by atoms with Crippen molar-refractivity contribution in [3.05, 3.63) is 47.3 Å². The van der Waals surface area contributed by atoms with Crippen LogP contribution in [0.1, 0.15) is 36.5 Å². The summed E-state index contributed by atoms with van der Waals surface area (Å²) in [6, 6.07) is 7.56. The minimum absolute atomic E-state index is 0.273. The van der Waals surface area contributed by atoms with Gasteiger partial charge in [-0.15, -0.1) is 0 Å². The van der Waals surface area contributed by atoms with Gasteiger partial charge in [0.05, 0.1) is 11.8 Å². The molecule has 0 atom stereocenters. The van der Waals surface area contributed by atoms with Gasteiger partial charge in [0, 0.05) is 11.9 Å². The second-order valence-electron chi connectivity index (χ2n) is 4.99. The van der Waals surface area contributed by atoms with Crippen molar-refractivity contribution in [1.29, 1.82) is 5.26 Å². The predicted molar refractivity (Wildman–Crippen MR) is 78.7 cm³/mol. The van der Waals surface area contributed by atoms with Gasteiger partial charge >= 0.3 is 0 Å². The Morgan fingerprint density at radius 2 is 2.05 bits per heavy atom. The molecule has 2 aromatic rings. The van der Waals surface area contributed by atoms with Crippen molar-refractivity contribution in [1.82, 2.24) is 4.98 Å². The van der Waals surface area contributed by atoms with Crippen LogP contribution in [0, 0.1) is 18.3 Å². The van der Waals surface area contributed by atoms with E-state index in [2.05, 4.69) is 24.9 Å². The lowest BCUT2D eigenvalue weighted by molar-refractivity contribution is 0.469. The molecule has 0 aliphatic heterocycles. The van der Waals surface area contributed by atoms with Crippen LogP contribution < -0.4 is 10.5 Å². The third-order valence-electron chi connectivity index (χ3n) is 3.15. The van der Waals surface area contributed by atoms with Crippen LogP contribution in [-0.2, 0) is 0 Å². The molecule has 1 aromatic heterocycles. The molecule has 2 N–H and O–H groups in total. The highest BCUT2D eigenvalue weighted by Crippen LogP contribution is 2.34. The summed E-state index contributed by atoms with van der Waals surface area (Å²) in [4.78, 5) is 4.00. The standard InChI is InChI=1S/C16H17N3O/c1-10(2)13-7-14(18)11(3)6-15(13)20-16-9-19-5-4-12(16)8-17/h4-7,9-10H,18H2,1-3H3. The molecule has 0 aliphatic rings. The number of hydrogen-bond donors (Lipinski definition) is 1. The quantitative estimate of drug-likeness (QED) is 0.859. The normalized spacial score (nSPS) is 10.3. The molecule has 0 radical (unpaired) electrons. The van der Waals surface area contributed by atoms with Gasteiger partial charge in [-0.25, -0.2) is 0 Å². The van der Waals surface area contributed by atoms with Crippen molar-refractivity contribution in [3.8, 4) is 17.6 Å². The zero-order valence-corrected chi connectivity index (χ0v) is 11.8. The molecule has 4 heteroatoms. The number of ether oxygens (including phenoxy) is 1. The summed E-state index contributed by atoms with van der Waals surface area (Å²) < 4.78 is 5.89. The molecular weight excluding hydrogens is 250 g/mol. The zero-order chi connectivity index (χ0) is 14.7. The molecule has 0 aliphatic carbocycles. The van der Waals surface area contributed by atoms with Crippen LogP contribution in [-0.4, -0.2) is 4.98 Å². The maximum atomic E-state index is 9.10. The Morgan fingerprint density at radius 1 is 1.30 bits per heavy atom. The largest absolute Gasteiger partial charge is 0.454 e. The molecule has 2 rings (SSSR count). The molecule has 102 valence electrons. The molecule has 20 heavy (non-hydrogen) atoms. The van der Waals surface area contributed by atoms with Crippen LogP contribution in [0.2, 0.25) is 0 Å². The Hall–Kier alpha value is -2.54. The Bertz CT molecular complexity index is 672. The number of aryl methyl sites for hydroxylation is 1. The molecule has 1 aromatic carbocycles. The van der Waals surface area contributed by atoms with Gasteiger partial charge in [0.15, 0.2) is 5.75 Å². The number of nitrogen functional groups attached to an aromatic ring is 1. The van der Waals surface area contributed by atoms with Crippen LogP contribution in [0.3, 0.4) is 0 Å². The molecule has 0 bridgehead atoms. The summed E-state index contributed by atoms with van der Waals surface area (Å²) in [6.07, 6.45) is 3.12. The molecule has 0 spiro atoms. The number of aromatic nitrogens is 1. The first kappa shape index (κ1) is 13.9. The second kappa shape index (κ2) is 5.62. The fraction of sp³-hybridized carbons (Fsp3) is 0.250. The van der Waals surface area contributed by atoms with Gasteiger partial charge in [-0.3, -0.25) is 4.98 Å². The first-order valence-corrected chi connectivity index (χ1v) is 6.45. The van der Waals surface area contributed by atoms with E-state index in [1.807, 2.05) is 19.1 Å². The first-order valence-electron chi connectivity index (χ1n) is 6.45. The van der Waals surface area contributed by atoms with Gasteiger partial charge < -0.3 is 10.5 Å². The van der Waals surface area contributed by atoms with Gasteiger partial charge in [-0.1, -0.05) is 13.8 Å². The van der Waals surface area contributed by atoms with Gasteiger partial charge in [0.25, 0.3) is 0 Å². The fourth-order valence-corrected chi connectivity index (χ4v) is 1.93. The van der Waals surface area contributed by atoms with Gasteiger partial charge in [0.2, 0.25) is 0 Å². The molecule has 0 fully saturated rings. The third-order valence-corrected chi connectivity index (χ3v) is 3.15. The maximum Gasteiger partial charge on any atom is 0.163 e. The van der Waals surface area contributed by atoms with Crippen LogP contribution in [0.5, 0.6) is 11.5 Å². The minimum atomic E-state index is 0.273. The molecule has 0 saturated heterocycles. The smallest absolute Gasteiger partial charge is 0.163 e. The molecular formula is C16H17N3O. The van der Waals surface area contributed by atoms with Crippen molar-refractivity contribution < 1.29 is 4.74 Å². The number of nitrogens with zero attached hydrogens (tertiary/aromatic N) is 2. The maximum absolute atomic E-state index is 9.10. The van der Waals surface area contributed by atoms with Gasteiger partial charge in [0.1, 0.15) is 11.8 Å². The highest BCUT2D eigenvalue weighted by Gasteiger charge is 2.13. The van der Waals surface area contributed by atoms with Crippen molar-refractivity contribution in [3.63, 3.8) is 0 Å². The topological polar surface area (TPSA) is 71.9 Å². The number of anilines is 1. The van der Waals surface area contributed by atoms with E-state index in [1.54, 1.807) is 18.5 Å². The Kier molecular flexibility index (Phi) is 3.90. The van der Waals surface area contributed by atoms with Crippen molar-refractivity contribution in [2.24, 2.45) is 0 Å². The number of rotatable bonds is 3. The Labute approximate surface area is 118 Å². The molecule has 1 heterocycles. The highest BCUT2D eigenvalue weighted by atomic mass is 16.5. The molecule has 4 nitrogen and oxygen atoms in total. The third kappa shape index (κ3) is 2.72. The van der Waals surface area contributed by atoms with E-state index in [9.17, 15) is 0 Å². The van der Waals surface area contributed by atoms with Crippen LogP contribution in [0.4, 0.5) is 5.69 Å². The number of pyridine rings is 1. The summed E-state index contributed by atoms with van der Waals surface area (Å²) in [5.74, 6) is 1.45. The van der Waals surface area contributed by atoms with Crippen LogP contribution in [0.25, 0.3) is 0 Å². The predicted octanol–water partition coefficient (Wildman–Crippen LogP) is 3.76. The van der Waals surface area contributed by atoms with Crippen molar-refractivity contribution >= 4 is 5.69 Å². The highest BCUT2D eigenvalue weighted by molar-refractivity contribution is 5.56.